The summed E-state index contributed by atoms with van der Waals surface area (Å²) >= 11 is 0. The Morgan fingerprint density at radius 1 is 1.21 bits per heavy atom. The second-order valence-electron chi connectivity index (χ2n) is 4.39. The number of hydrogen-bond acceptors (Lipinski definition) is 4. The zero-order valence-corrected chi connectivity index (χ0v) is 11.8. The van der Waals surface area contributed by atoms with E-state index in [4.69, 9.17) is 10.9 Å². The van der Waals surface area contributed by atoms with Crippen LogP contribution < -0.4 is 16.2 Å². The Bertz CT molecular complexity index is 548. The van der Waals surface area contributed by atoms with Crippen molar-refractivity contribution >= 4 is 21.6 Å². The molecule has 1 aromatic rings. The number of anilines is 1. The molecule has 5 N–H and O–H groups in total. The Hall–Kier alpha value is -1.44. The molecular formula is C12H19N3O3S. The van der Waals surface area contributed by atoms with Gasteiger partial charge in [0.2, 0.25) is 15.9 Å². The van der Waals surface area contributed by atoms with Gasteiger partial charge in [0.1, 0.15) is 0 Å². The van der Waals surface area contributed by atoms with Crippen LogP contribution in [0.1, 0.15) is 26.7 Å². The summed E-state index contributed by atoms with van der Waals surface area (Å²) < 4.78 is 22.2. The average Bonchev–Trinajstić information content (AvgIpc) is 2.37. The van der Waals surface area contributed by atoms with Crippen molar-refractivity contribution in [3.8, 4) is 0 Å². The smallest absolute Gasteiger partial charge is 0.244 e. The third-order valence-electron chi connectivity index (χ3n) is 3.15. The summed E-state index contributed by atoms with van der Waals surface area (Å²) in [5, 5.41) is 7.65. The molecule has 0 unspecified atom stereocenters. The molecule has 0 heterocycles. The predicted octanol–water partition coefficient (Wildman–Crippen LogP) is 0.790. The number of carbonyl (C=O) groups excluding carboxylic acids is 1. The third kappa shape index (κ3) is 3.76. The Kier molecular flexibility index (Phi) is 4.67. The van der Waals surface area contributed by atoms with E-state index in [1.807, 2.05) is 13.8 Å². The van der Waals surface area contributed by atoms with Gasteiger partial charge in [-0.3, -0.25) is 4.79 Å². The van der Waals surface area contributed by atoms with Crippen LogP contribution in [0.2, 0.25) is 0 Å². The van der Waals surface area contributed by atoms with Crippen LogP contribution in [0.3, 0.4) is 0 Å². The number of benzene rings is 1. The summed E-state index contributed by atoms with van der Waals surface area (Å²) in [5.74, 6) is -0.291. The van der Waals surface area contributed by atoms with Crippen molar-refractivity contribution in [1.82, 2.24) is 0 Å². The normalized spacial score (nSPS) is 12.2. The number of nitrogens with one attached hydrogen (secondary N) is 1. The molecule has 0 saturated heterocycles. The van der Waals surface area contributed by atoms with Gasteiger partial charge in [-0.05, 0) is 37.1 Å². The van der Waals surface area contributed by atoms with Crippen molar-refractivity contribution in [2.75, 3.05) is 5.32 Å². The molecule has 106 valence electrons. The van der Waals surface area contributed by atoms with E-state index in [1.165, 1.54) is 24.3 Å². The van der Waals surface area contributed by atoms with Gasteiger partial charge in [-0.15, -0.1) is 0 Å². The maximum absolute atomic E-state index is 12.0. The second kappa shape index (κ2) is 5.68. The monoisotopic (exact) mass is 285 g/mol. The molecule has 0 bridgehead atoms. The van der Waals surface area contributed by atoms with E-state index in [2.05, 4.69) is 5.32 Å². The third-order valence-corrected chi connectivity index (χ3v) is 4.08. The van der Waals surface area contributed by atoms with E-state index in [0.717, 1.165) is 0 Å². The van der Waals surface area contributed by atoms with E-state index < -0.39 is 15.6 Å². The molecule has 0 aliphatic carbocycles. The van der Waals surface area contributed by atoms with Crippen molar-refractivity contribution in [3.05, 3.63) is 24.3 Å². The lowest BCUT2D eigenvalue weighted by Gasteiger charge is -2.25. The van der Waals surface area contributed by atoms with Gasteiger partial charge in [0.15, 0.2) is 0 Å². The number of rotatable bonds is 5. The predicted molar refractivity (Wildman–Crippen MR) is 73.9 cm³/mol. The van der Waals surface area contributed by atoms with Crippen molar-refractivity contribution < 1.29 is 13.2 Å². The number of amides is 1. The lowest BCUT2D eigenvalue weighted by Crippen LogP contribution is -2.50. The maximum Gasteiger partial charge on any atom is 0.244 e. The average molecular weight is 285 g/mol. The zero-order valence-electron chi connectivity index (χ0n) is 11.0. The number of nitrogens with two attached hydrogens (primary N) is 2. The van der Waals surface area contributed by atoms with Crippen LogP contribution in [0.5, 0.6) is 0 Å². The van der Waals surface area contributed by atoms with E-state index in [-0.39, 0.29) is 10.8 Å². The van der Waals surface area contributed by atoms with Crippen molar-refractivity contribution in [3.63, 3.8) is 0 Å². The summed E-state index contributed by atoms with van der Waals surface area (Å²) in [4.78, 5) is 12.0. The van der Waals surface area contributed by atoms with Gasteiger partial charge in [-0.1, -0.05) is 13.8 Å². The van der Waals surface area contributed by atoms with Gasteiger partial charge in [-0.25, -0.2) is 13.6 Å². The Morgan fingerprint density at radius 2 is 1.68 bits per heavy atom. The Balaban J connectivity index is 2.88. The van der Waals surface area contributed by atoms with Gasteiger partial charge in [0.05, 0.1) is 10.4 Å². The Morgan fingerprint density at radius 3 is 2.05 bits per heavy atom. The first kappa shape index (κ1) is 15.6. The Labute approximate surface area is 113 Å². The number of sulfonamides is 1. The van der Waals surface area contributed by atoms with Crippen LogP contribution in [0, 0.1) is 0 Å². The minimum absolute atomic E-state index is 0.00417. The highest BCUT2D eigenvalue weighted by Gasteiger charge is 2.29. The van der Waals surface area contributed by atoms with E-state index in [9.17, 15) is 13.2 Å². The van der Waals surface area contributed by atoms with Crippen LogP contribution in [0.4, 0.5) is 5.69 Å². The largest absolute Gasteiger partial charge is 0.324 e. The number of primary sulfonamides is 1. The molecule has 1 rings (SSSR count). The van der Waals surface area contributed by atoms with Crippen molar-refractivity contribution in [2.24, 2.45) is 10.9 Å². The fourth-order valence-corrected chi connectivity index (χ4v) is 2.07. The van der Waals surface area contributed by atoms with Gasteiger partial charge < -0.3 is 11.1 Å². The summed E-state index contributed by atoms with van der Waals surface area (Å²) in [7, 11) is -3.72. The fraction of sp³-hybridized carbons (Fsp3) is 0.417. The lowest BCUT2D eigenvalue weighted by molar-refractivity contribution is -0.121. The quantitative estimate of drug-likeness (QED) is 0.741. The summed E-state index contributed by atoms with van der Waals surface area (Å²) in [6, 6.07) is 5.62. The minimum atomic E-state index is -3.72. The molecule has 6 nitrogen and oxygen atoms in total. The number of carbonyl (C=O) groups is 1. The van der Waals surface area contributed by atoms with Crippen LogP contribution in [-0.4, -0.2) is 19.9 Å². The molecule has 19 heavy (non-hydrogen) atoms. The summed E-state index contributed by atoms with van der Waals surface area (Å²) in [6.45, 7) is 3.68. The van der Waals surface area contributed by atoms with Gasteiger partial charge in [0, 0.05) is 5.69 Å². The van der Waals surface area contributed by atoms with Crippen molar-refractivity contribution in [1.29, 1.82) is 0 Å². The maximum atomic E-state index is 12.0. The standard InChI is InChI=1S/C12H19N3O3S/c1-3-12(13,4-2)11(16)15-9-5-7-10(8-6-9)19(14,17)18/h5-8H,3-4,13H2,1-2H3,(H,15,16)(H2,14,17,18). The van der Waals surface area contributed by atoms with Crippen LogP contribution in [0.15, 0.2) is 29.2 Å². The highest BCUT2D eigenvalue weighted by Crippen LogP contribution is 2.17. The highest BCUT2D eigenvalue weighted by molar-refractivity contribution is 7.89. The zero-order chi connectivity index (χ0) is 14.7. The fourth-order valence-electron chi connectivity index (χ4n) is 1.55. The SMILES string of the molecule is CCC(N)(CC)C(=O)Nc1ccc(S(N)(=O)=O)cc1. The molecule has 7 heteroatoms. The first-order chi connectivity index (χ1) is 8.73. The molecule has 1 amide bonds. The van der Waals surface area contributed by atoms with E-state index in [0.29, 0.717) is 18.5 Å². The molecule has 0 saturated carbocycles. The van der Waals surface area contributed by atoms with Crippen LogP contribution in [0.25, 0.3) is 0 Å². The molecule has 0 aromatic heterocycles. The highest BCUT2D eigenvalue weighted by atomic mass is 32.2. The first-order valence-electron chi connectivity index (χ1n) is 5.96. The molecule has 0 aliphatic heterocycles. The molecule has 1 aromatic carbocycles. The van der Waals surface area contributed by atoms with E-state index in [1.54, 1.807) is 0 Å². The van der Waals surface area contributed by atoms with Gasteiger partial charge in [-0.2, -0.15) is 0 Å². The second-order valence-corrected chi connectivity index (χ2v) is 5.95. The van der Waals surface area contributed by atoms with Gasteiger partial charge >= 0.3 is 0 Å². The van der Waals surface area contributed by atoms with Crippen molar-refractivity contribution in [2.45, 2.75) is 37.1 Å². The molecule has 0 spiro atoms. The summed E-state index contributed by atoms with van der Waals surface area (Å²) in [6.07, 6.45) is 1.04. The number of hydrogen-bond donors (Lipinski definition) is 3. The van der Waals surface area contributed by atoms with Crippen LogP contribution in [-0.2, 0) is 14.8 Å². The summed E-state index contributed by atoms with van der Waals surface area (Å²) in [5.41, 5.74) is 5.52. The molecule has 0 fully saturated rings. The lowest BCUT2D eigenvalue weighted by atomic mass is 9.93. The first-order valence-corrected chi connectivity index (χ1v) is 7.50. The topological polar surface area (TPSA) is 115 Å². The molecular weight excluding hydrogens is 266 g/mol. The molecule has 0 atom stereocenters. The molecule has 0 radical (unpaired) electrons. The van der Waals surface area contributed by atoms with E-state index >= 15 is 0 Å². The van der Waals surface area contributed by atoms with Gasteiger partial charge in [0.25, 0.3) is 0 Å². The molecule has 0 aliphatic rings. The van der Waals surface area contributed by atoms with Crippen LogP contribution >= 0.6 is 0 Å². The minimum Gasteiger partial charge on any atom is -0.324 e.